The van der Waals surface area contributed by atoms with Crippen molar-refractivity contribution in [2.24, 2.45) is 0 Å². The van der Waals surface area contributed by atoms with E-state index >= 15 is 0 Å². The number of hydrogen-bond acceptors (Lipinski definition) is 3. The average Bonchev–Trinajstić information content (AvgIpc) is 2.69. The van der Waals surface area contributed by atoms with Gasteiger partial charge in [-0.15, -0.1) is 0 Å². The molecular weight excluding hydrogens is 354 g/mol. The molecule has 2 N–H and O–H groups in total. The number of rotatable bonds is 4. The molecule has 26 heavy (non-hydrogen) atoms. The molecule has 3 rings (SSSR count). The van der Waals surface area contributed by atoms with Crippen LogP contribution in [0.3, 0.4) is 0 Å². The first-order chi connectivity index (χ1) is 12.6. The second-order valence-corrected chi connectivity index (χ2v) is 6.92. The molecule has 0 spiro atoms. The normalized spacial score (nSPS) is 17.4. The number of amides is 3. The van der Waals surface area contributed by atoms with Crippen molar-refractivity contribution in [3.8, 4) is 0 Å². The minimum Gasteiger partial charge on any atom is -0.378 e. The van der Waals surface area contributed by atoms with E-state index in [1.165, 1.54) is 18.4 Å². The third-order valence-corrected chi connectivity index (χ3v) is 4.95. The Kier molecular flexibility index (Phi) is 6.52. The Hall–Kier alpha value is -2.05. The summed E-state index contributed by atoms with van der Waals surface area (Å²) in [6.07, 6.45) is 6.70. The zero-order valence-corrected chi connectivity index (χ0v) is 15.5. The SMILES string of the molecule is O=C(NCC1=CCCCC1)Nc1cc(C(=O)N2CCOCC2)ccc1Cl. The standard InChI is InChI=1S/C19H24ClN3O3/c20-16-7-6-15(18(24)23-8-10-26-11-9-23)12-17(16)22-19(25)21-13-14-4-2-1-3-5-14/h4,6-7,12H,1-3,5,8-11,13H2,(H2,21,22,25). The molecule has 1 fully saturated rings. The van der Waals surface area contributed by atoms with Gasteiger partial charge in [0, 0.05) is 25.2 Å². The summed E-state index contributed by atoms with van der Waals surface area (Å²) in [7, 11) is 0. The molecule has 0 unspecified atom stereocenters. The highest BCUT2D eigenvalue weighted by Gasteiger charge is 2.19. The highest BCUT2D eigenvalue weighted by molar-refractivity contribution is 6.33. The van der Waals surface area contributed by atoms with Crippen LogP contribution < -0.4 is 10.6 Å². The molecule has 1 aliphatic heterocycles. The summed E-state index contributed by atoms with van der Waals surface area (Å²) in [4.78, 5) is 26.5. The van der Waals surface area contributed by atoms with Gasteiger partial charge in [0.1, 0.15) is 0 Å². The zero-order chi connectivity index (χ0) is 18.4. The number of allylic oxidation sites excluding steroid dienone is 1. The van der Waals surface area contributed by atoms with Crippen molar-refractivity contribution in [3.05, 3.63) is 40.4 Å². The molecule has 1 aromatic carbocycles. The van der Waals surface area contributed by atoms with Crippen molar-refractivity contribution in [3.63, 3.8) is 0 Å². The molecule has 0 aromatic heterocycles. The maximum Gasteiger partial charge on any atom is 0.319 e. The number of nitrogens with zero attached hydrogens (tertiary/aromatic N) is 1. The number of anilines is 1. The van der Waals surface area contributed by atoms with E-state index in [2.05, 4.69) is 16.7 Å². The molecule has 0 bridgehead atoms. The number of benzene rings is 1. The van der Waals surface area contributed by atoms with Gasteiger partial charge < -0.3 is 20.3 Å². The van der Waals surface area contributed by atoms with E-state index in [0.717, 1.165) is 12.8 Å². The lowest BCUT2D eigenvalue weighted by molar-refractivity contribution is 0.0303. The van der Waals surface area contributed by atoms with E-state index < -0.39 is 0 Å². The van der Waals surface area contributed by atoms with Gasteiger partial charge in [0.2, 0.25) is 0 Å². The fourth-order valence-electron chi connectivity index (χ4n) is 3.13. The molecule has 7 heteroatoms. The highest BCUT2D eigenvalue weighted by atomic mass is 35.5. The zero-order valence-electron chi connectivity index (χ0n) is 14.7. The molecule has 0 atom stereocenters. The minimum atomic E-state index is -0.325. The van der Waals surface area contributed by atoms with Gasteiger partial charge in [-0.3, -0.25) is 4.79 Å². The Balaban J connectivity index is 1.60. The molecule has 1 aromatic rings. The number of carbonyl (C=O) groups excluding carboxylic acids is 2. The predicted molar refractivity (Wildman–Crippen MR) is 102 cm³/mol. The molecule has 6 nitrogen and oxygen atoms in total. The van der Waals surface area contributed by atoms with Gasteiger partial charge in [-0.25, -0.2) is 4.79 Å². The van der Waals surface area contributed by atoms with Crippen LogP contribution in [0.25, 0.3) is 0 Å². The number of halogens is 1. The third kappa shape index (κ3) is 4.99. The third-order valence-electron chi connectivity index (χ3n) is 4.62. The van der Waals surface area contributed by atoms with Crippen molar-refractivity contribution < 1.29 is 14.3 Å². The maximum absolute atomic E-state index is 12.6. The number of carbonyl (C=O) groups is 2. The maximum atomic E-state index is 12.6. The lowest BCUT2D eigenvalue weighted by Gasteiger charge is -2.27. The first-order valence-electron chi connectivity index (χ1n) is 9.03. The Morgan fingerprint density at radius 2 is 2.00 bits per heavy atom. The molecule has 140 valence electrons. The second kappa shape index (κ2) is 9.05. The van der Waals surface area contributed by atoms with E-state index in [9.17, 15) is 9.59 Å². The van der Waals surface area contributed by atoms with Gasteiger partial charge in [0.05, 0.1) is 23.9 Å². The van der Waals surface area contributed by atoms with Crippen molar-refractivity contribution in [1.29, 1.82) is 0 Å². The summed E-state index contributed by atoms with van der Waals surface area (Å²) in [6.45, 7) is 2.76. The second-order valence-electron chi connectivity index (χ2n) is 6.52. The van der Waals surface area contributed by atoms with Crippen molar-refractivity contribution in [1.82, 2.24) is 10.2 Å². The van der Waals surface area contributed by atoms with Gasteiger partial charge >= 0.3 is 6.03 Å². The smallest absolute Gasteiger partial charge is 0.319 e. The van der Waals surface area contributed by atoms with Crippen LogP contribution in [-0.2, 0) is 4.74 Å². The van der Waals surface area contributed by atoms with Crippen molar-refractivity contribution in [2.75, 3.05) is 38.2 Å². The number of nitrogens with one attached hydrogen (secondary N) is 2. The Bertz CT molecular complexity index is 699. The topological polar surface area (TPSA) is 70.7 Å². The van der Waals surface area contributed by atoms with Crippen molar-refractivity contribution >= 4 is 29.2 Å². The minimum absolute atomic E-state index is 0.0826. The van der Waals surface area contributed by atoms with Gasteiger partial charge in [-0.2, -0.15) is 0 Å². The Morgan fingerprint density at radius 1 is 1.19 bits per heavy atom. The van der Waals surface area contributed by atoms with Crippen LogP contribution in [0.1, 0.15) is 36.0 Å². The predicted octanol–water partition coefficient (Wildman–Crippen LogP) is 3.43. The van der Waals surface area contributed by atoms with Crippen LogP contribution in [0.4, 0.5) is 10.5 Å². The molecule has 3 amide bonds. The fourth-order valence-corrected chi connectivity index (χ4v) is 3.29. The summed E-state index contributed by atoms with van der Waals surface area (Å²) in [5, 5.41) is 5.99. The molecule has 2 aliphatic rings. The summed E-state index contributed by atoms with van der Waals surface area (Å²) in [5.74, 6) is -0.0826. The van der Waals surface area contributed by atoms with Crippen LogP contribution in [0, 0.1) is 0 Å². The monoisotopic (exact) mass is 377 g/mol. The van der Waals surface area contributed by atoms with Gasteiger partial charge in [0.15, 0.2) is 0 Å². The summed E-state index contributed by atoms with van der Waals surface area (Å²) >= 11 is 6.18. The first kappa shape index (κ1) is 18.7. The van der Waals surface area contributed by atoms with Gasteiger partial charge in [-0.1, -0.05) is 23.3 Å². The van der Waals surface area contributed by atoms with E-state index in [4.69, 9.17) is 16.3 Å². The van der Waals surface area contributed by atoms with Crippen LogP contribution in [-0.4, -0.2) is 49.7 Å². The molecular formula is C19H24ClN3O3. The number of urea groups is 1. The first-order valence-corrected chi connectivity index (χ1v) is 9.40. The van der Waals surface area contributed by atoms with Crippen LogP contribution in [0.15, 0.2) is 29.8 Å². The molecule has 1 saturated heterocycles. The van der Waals surface area contributed by atoms with Crippen LogP contribution in [0.5, 0.6) is 0 Å². The van der Waals surface area contributed by atoms with Crippen LogP contribution >= 0.6 is 11.6 Å². The van der Waals surface area contributed by atoms with E-state index in [1.54, 1.807) is 23.1 Å². The number of hydrogen-bond donors (Lipinski definition) is 2. The van der Waals surface area contributed by atoms with E-state index in [0.29, 0.717) is 49.1 Å². The fraction of sp³-hybridized carbons (Fsp3) is 0.474. The Morgan fingerprint density at radius 3 is 2.73 bits per heavy atom. The van der Waals surface area contributed by atoms with Crippen LogP contribution in [0.2, 0.25) is 5.02 Å². The molecule has 1 heterocycles. The molecule has 0 radical (unpaired) electrons. The van der Waals surface area contributed by atoms with E-state index in [-0.39, 0.29) is 11.9 Å². The number of ether oxygens (including phenoxy) is 1. The lowest BCUT2D eigenvalue weighted by Crippen LogP contribution is -2.40. The largest absolute Gasteiger partial charge is 0.378 e. The quantitative estimate of drug-likeness (QED) is 0.789. The molecule has 0 saturated carbocycles. The molecule has 1 aliphatic carbocycles. The average molecular weight is 378 g/mol. The summed E-state index contributed by atoms with van der Waals surface area (Å²) in [5.41, 5.74) is 2.19. The number of morpholine rings is 1. The van der Waals surface area contributed by atoms with Gasteiger partial charge in [-0.05, 0) is 43.9 Å². The van der Waals surface area contributed by atoms with Gasteiger partial charge in [0.25, 0.3) is 5.91 Å². The summed E-state index contributed by atoms with van der Waals surface area (Å²) in [6, 6.07) is 4.61. The Labute approximate surface area is 158 Å². The van der Waals surface area contributed by atoms with Crippen molar-refractivity contribution in [2.45, 2.75) is 25.7 Å². The highest BCUT2D eigenvalue weighted by Crippen LogP contribution is 2.24. The lowest BCUT2D eigenvalue weighted by atomic mass is 10.00. The summed E-state index contributed by atoms with van der Waals surface area (Å²) < 4.78 is 5.27. The van der Waals surface area contributed by atoms with E-state index in [1.807, 2.05) is 0 Å².